The van der Waals surface area contributed by atoms with Crippen LogP contribution >= 0.6 is 27.7 Å². The van der Waals surface area contributed by atoms with Gasteiger partial charge in [-0.1, -0.05) is 6.07 Å². The number of thioether (sulfide) groups is 1. The van der Waals surface area contributed by atoms with Crippen LogP contribution in [0.5, 0.6) is 0 Å². The van der Waals surface area contributed by atoms with Gasteiger partial charge in [-0.25, -0.2) is 4.39 Å². The molecule has 0 aromatic heterocycles. The summed E-state index contributed by atoms with van der Waals surface area (Å²) in [6, 6.07) is 5.08. The molecule has 2 rings (SSSR count). The predicted molar refractivity (Wildman–Crippen MR) is 76.0 cm³/mol. The Bertz CT molecular complexity index is 402. The van der Waals surface area contributed by atoms with Gasteiger partial charge in [-0.3, -0.25) is 11.3 Å². The Morgan fingerprint density at radius 1 is 1.61 bits per heavy atom. The number of benzene rings is 1. The molecule has 3 N–H and O–H groups in total. The molecule has 0 amide bonds. The molecule has 1 aromatic carbocycles. The second-order valence-electron chi connectivity index (χ2n) is 4.21. The number of hydrogen-bond acceptors (Lipinski definition) is 4. The van der Waals surface area contributed by atoms with Gasteiger partial charge in [0, 0.05) is 11.5 Å². The Kier molecular flexibility index (Phi) is 5.44. The van der Waals surface area contributed by atoms with E-state index in [0.29, 0.717) is 4.47 Å². The lowest BCUT2D eigenvalue weighted by atomic mass is 10.0. The first kappa shape index (κ1) is 14.3. The van der Waals surface area contributed by atoms with Crippen LogP contribution in [0.1, 0.15) is 5.56 Å². The van der Waals surface area contributed by atoms with Gasteiger partial charge >= 0.3 is 0 Å². The molecule has 1 heterocycles. The van der Waals surface area contributed by atoms with Crippen molar-refractivity contribution in [3.8, 4) is 0 Å². The van der Waals surface area contributed by atoms with Crippen LogP contribution in [0.25, 0.3) is 0 Å². The largest absolute Gasteiger partial charge is 0.375 e. The van der Waals surface area contributed by atoms with E-state index in [1.165, 1.54) is 6.07 Å². The minimum Gasteiger partial charge on any atom is -0.375 e. The average Bonchev–Trinajstić information content (AvgIpc) is 2.41. The molecule has 100 valence electrons. The normalized spacial score (nSPS) is 21.8. The maximum atomic E-state index is 13.2. The molecule has 1 aromatic rings. The highest BCUT2D eigenvalue weighted by Gasteiger charge is 2.24. The van der Waals surface area contributed by atoms with Gasteiger partial charge in [0.15, 0.2) is 0 Å². The molecule has 0 radical (unpaired) electrons. The van der Waals surface area contributed by atoms with Gasteiger partial charge in [0.2, 0.25) is 0 Å². The molecule has 0 saturated carbocycles. The van der Waals surface area contributed by atoms with E-state index in [0.717, 1.165) is 30.1 Å². The molecule has 0 aliphatic carbocycles. The van der Waals surface area contributed by atoms with Crippen molar-refractivity contribution in [2.45, 2.75) is 18.6 Å². The van der Waals surface area contributed by atoms with Crippen molar-refractivity contribution in [3.05, 3.63) is 34.1 Å². The van der Waals surface area contributed by atoms with Crippen LogP contribution < -0.4 is 11.3 Å². The van der Waals surface area contributed by atoms with Crippen molar-refractivity contribution < 1.29 is 9.13 Å². The molecular weight excluding hydrogens is 319 g/mol. The Morgan fingerprint density at radius 2 is 2.44 bits per heavy atom. The van der Waals surface area contributed by atoms with Gasteiger partial charge in [-0.05, 0) is 40.0 Å². The molecule has 2 atom stereocenters. The summed E-state index contributed by atoms with van der Waals surface area (Å²) < 4.78 is 19.3. The summed E-state index contributed by atoms with van der Waals surface area (Å²) in [6.07, 6.45) is 0.832. The lowest BCUT2D eigenvalue weighted by Gasteiger charge is -2.29. The number of nitrogens with one attached hydrogen (secondary N) is 1. The molecular formula is C12H16BrFN2OS. The molecule has 1 fully saturated rings. The third-order valence-electron chi connectivity index (χ3n) is 2.94. The summed E-state index contributed by atoms with van der Waals surface area (Å²) in [5.74, 6) is 7.32. The summed E-state index contributed by atoms with van der Waals surface area (Å²) >= 11 is 5.06. The van der Waals surface area contributed by atoms with Crippen molar-refractivity contribution in [1.82, 2.24) is 5.43 Å². The van der Waals surface area contributed by atoms with Gasteiger partial charge in [0.1, 0.15) is 5.82 Å². The molecule has 2 unspecified atom stereocenters. The number of hydrogen-bond donors (Lipinski definition) is 2. The van der Waals surface area contributed by atoms with E-state index in [-0.39, 0.29) is 18.0 Å². The SMILES string of the molecule is NNC(Cc1ccc(F)c(Br)c1)C1CSCCO1. The first-order chi connectivity index (χ1) is 8.70. The fourth-order valence-electron chi connectivity index (χ4n) is 1.96. The van der Waals surface area contributed by atoms with E-state index < -0.39 is 0 Å². The van der Waals surface area contributed by atoms with Crippen LogP contribution in [-0.4, -0.2) is 30.3 Å². The fourth-order valence-corrected chi connectivity index (χ4v) is 3.32. The second-order valence-corrected chi connectivity index (χ2v) is 6.21. The maximum absolute atomic E-state index is 13.2. The minimum atomic E-state index is -0.250. The molecule has 0 spiro atoms. The summed E-state index contributed by atoms with van der Waals surface area (Å²) in [6.45, 7) is 0.765. The third kappa shape index (κ3) is 3.68. The first-order valence-corrected chi connectivity index (χ1v) is 7.75. The highest BCUT2D eigenvalue weighted by atomic mass is 79.9. The highest BCUT2D eigenvalue weighted by molar-refractivity contribution is 9.10. The lowest BCUT2D eigenvalue weighted by molar-refractivity contribution is 0.0472. The van der Waals surface area contributed by atoms with Gasteiger partial charge in [-0.2, -0.15) is 11.8 Å². The van der Waals surface area contributed by atoms with Crippen LogP contribution in [0.3, 0.4) is 0 Å². The standard InChI is InChI=1S/C12H16BrFN2OS/c13-9-5-8(1-2-10(9)14)6-11(16-15)12-7-18-4-3-17-12/h1-2,5,11-12,16H,3-4,6-7,15H2. The van der Waals surface area contributed by atoms with Crippen molar-refractivity contribution in [2.24, 2.45) is 5.84 Å². The summed E-state index contributed by atoms with van der Waals surface area (Å²) in [5.41, 5.74) is 3.84. The monoisotopic (exact) mass is 334 g/mol. The molecule has 1 saturated heterocycles. The molecule has 18 heavy (non-hydrogen) atoms. The van der Waals surface area contributed by atoms with Crippen LogP contribution in [0.4, 0.5) is 4.39 Å². The Morgan fingerprint density at radius 3 is 3.06 bits per heavy atom. The van der Waals surface area contributed by atoms with E-state index in [4.69, 9.17) is 10.6 Å². The zero-order valence-corrected chi connectivity index (χ0v) is 12.3. The van der Waals surface area contributed by atoms with E-state index >= 15 is 0 Å². The zero-order chi connectivity index (χ0) is 13.0. The van der Waals surface area contributed by atoms with Crippen LogP contribution in [-0.2, 0) is 11.2 Å². The van der Waals surface area contributed by atoms with E-state index in [1.54, 1.807) is 12.1 Å². The molecule has 3 nitrogen and oxygen atoms in total. The molecule has 1 aliphatic heterocycles. The zero-order valence-electron chi connectivity index (χ0n) is 9.86. The number of hydrazine groups is 1. The van der Waals surface area contributed by atoms with Crippen molar-refractivity contribution in [2.75, 3.05) is 18.1 Å². The predicted octanol–water partition coefficient (Wildman–Crippen LogP) is 2.09. The van der Waals surface area contributed by atoms with Gasteiger partial charge in [-0.15, -0.1) is 0 Å². The van der Waals surface area contributed by atoms with Gasteiger partial charge < -0.3 is 4.74 Å². The Labute approximate surface area is 119 Å². The minimum absolute atomic E-state index is 0.0511. The summed E-state index contributed by atoms with van der Waals surface area (Å²) in [4.78, 5) is 0. The van der Waals surface area contributed by atoms with E-state index in [1.807, 2.05) is 11.8 Å². The Hall–Kier alpha value is -0.140. The number of nitrogens with two attached hydrogens (primary N) is 1. The number of ether oxygens (including phenoxy) is 1. The van der Waals surface area contributed by atoms with Crippen LogP contribution in [0.15, 0.2) is 22.7 Å². The second kappa shape index (κ2) is 6.86. The molecule has 6 heteroatoms. The van der Waals surface area contributed by atoms with Crippen molar-refractivity contribution >= 4 is 27.7 Å². The van der Waals surface area contributed by atoms with E-state index in [9.17, 15) is 4.39 Å². The van der Waals surface area contributed by atoms with Crippen molar-refractivity contribution in [1.29, 1.82) is 0 Å². The quantitative estimate of drug-likeness (QED) is 0.653. The average molecular weight is 335 g/mol. The number of halogens is 2. The summed E-state index contributed by atoms with van der Waals surface area (Å²) in [5, 5.41) is 0. The van der Waals surface area contributed by atoms with Crippen LogP contribution in [0, 0.1) is 5.82 Å². The Balaban J connectivity index is 2.02. The van der Waals surface area contributed by atoms with E-state index in [2.05, 4.69) is 21.4 Å². The fraction of sp³-hybridized carbons (Fsp3) is 0.500. The maximum Gasteiger partial charge on any atom is 0.137 e. The lowest BCUT2D eigenvalue weighted by Crippen LogP contribution is -2.49. The van der Waals surface area contributed by atoms with Crippen LogP contribution in [0.2, 0.25) is 0 Å². The van der Waals surface area contributed by atoms with Crippen molar-refractivity contribution in [3.63, 3.8) is 0 Å². The molecule has 0 bridgehead atoms. The molecule has 1 aliphatic rings. The topological polar surface area (TPSA) is 47.3 Å². The smallest absolute Gasteiger partial charge is 0.137 e. The highest BCUT2D eigenvalue weighted by Crippen LogP contribution is 2.21. The van der Waals surface area contributed by atoms with Gasteiger partial charge in [0.05, 0.1) is 23.2 Å². The number of rotatable bonds is 4. The third-order valence-corrected chi connectivity index (χ3v) is 4.57. The summed E-state index contributed by atoms with van der Waals surface area (Å²) in [7, 11) is 0. The first-order valence-electron chi connectivity index (χ1n) is 5.80. The van der Waals surface area contributed by atoms with Gasteiger partial charge in [0.25, 0.3) is 0 Å².